The molecule has 1 atom stereocenters. The summed E-state index contributed by atoms with van der Waals surface area (Å²) in [5.41, 5.74) is 0.990. The van der Waals surface area contributed by atoms with E-state index in [0.717, 1.165) is 5.56 Å². The largest absolute Gasteiger partial charge is 0.301 e. The van der Waals surface area contributed by atoms with Gasteiger partial charge in [-0.15, -0.1) is 0 Å². The zero-order chi connectivity index (χ0) is 10.8. The highest BCUT2D eigenvalue weighted by Gasteiger charge is 2.29. The number of hydrogen-bond donors (Lipinski definition) is 2. The van der Waals surface area contributed by atoms with Crippen molar-refractivity contribution in [1.82, 2.24) is 20.4 Å². The average Bonchev–Trinajstić information content (AvgIpc) is 2.70. The number of nitrogens with zero attached hydrogens (tertiary/aromatic N) is 2. The molecule has 80 valence electrons. The van der Waals surface area contributed by atoms with Crippen molar-refractivity contribution >= 4 is 11.8 Å². The number of amides is 2. The lowest BCUT2D eigenvalue weighted by atomic mass is 10.2. The number of carbonyl (C=O) groups is 2. The van der Waals surface area contributed by atoms with Gasteiger partial charge in [0.05, 0.1) is 18.7 Å². The van der Waals surface area contributed by atoms with Crippen LogP contribution in [0.4, 0.5) is 0 Å². The Labute approximate surface area is 86.6 Å². The molecule has 0 bridgehead atoms. The Hall–Kier alpha value is -1.69. The molecule has 6 nitrogen and oxygen atoms in total. The summed E-state index contributed by atoms with van der Waals surface area (Å²) in [4.78, 5) is 22.1. The Balaban J connectivity index is 1.88. The Morgan fingerprint density at radius 2 is 2.47 bits per heavy atom. The quantitative estimate of drug-likeness (QED) is 0.620. The average molecular weight is 208 g/mol. The lowest BCUT2D eigenvalue weighted by Gasteiger charge is -2.06. The normalized spacial score (nSPS) is 20.7. The molecular formula is C9H12N4O2. The van der Waals surface area contributed by atoms with E-state index < -0.39 is 6.04 Å². The molecule has 1 aromatic rings. The maximum Gasteiger partial charge on any atom is 0.244 e. The molecule has 2 heterocycles. The summed E-state index contributed by atoms with van der Waals surface area (Å²) in [7, 11) is 1.83. The molecule has 0 spiro atoms. The van der Waals surface area contributed by atoms with Crippen molar-refractivity contribution in [3.05, 3.63) is 18.0 Å². The number of nitrogens with one attached hydrogen (secondary N) is 2. The third-order valence-corrected chi connectivity index (χ3v) is 2.28. The molecule has 1 unspecified atom stereocenters. The van der Waals surface area contributed by atoms with Crippen LogP contribution in [-0.4, -0.2) is 27.6 Å². The van der Waals surface area contributed by atoms with Gasteiger partial charge in [0.1, 0.15) is 0 Å². The van der Waals surface area contributed by atoms with Gasteiger partial charge in [-0.25, -0.2) is 0 Å². The first-order valence-electron chi connectivity index (χ1n) is 4.70. The zero-order valence-electron chi connectivity index (χ0n) is 8.36. The molecule has 2 amide bonds. The Morgan fingerprint density at radius 1 is 1.67 bits per heavy atom. The third-order valence-electron chi connectivity index (χ3n) is 2.28. The topological polar surface area (TPSA) is 76.0 Å². The first kappa shape index (κ1) is 9.85. The Morgan fingerprint density at radius 3 is 3.00 bits per heavy atom. The predicted octanol–water partition coefficient (Wildman–Crippen LogP) is -1.08. The van der Waals surface area contributed by atoms with Crippen molar-refractivity contribution in [1.29, 1.82) is 0 Å². The first-order chi connectivity index (χ1) is 7.15. The lowest BCUT2D eigenvalue weighted by Crippen LogP contribution is -2.35. The van der Waals surface area contributed by atoms with Crippen molar-refractivity contribution in [2.75, 3.05) is 0 Å². The highest BCUT2D eigenvalue weighted by atomic mass is 16.2. The van der Waals surface area contributed by atoms with Gasteiger partial charge in [0.25, 0.3) is 0 Å². The van der Waals surface area contributed by atoms with Crippen LogP contribution >= 0.6 is 0 Å². The van der Waals surface area contributed by atoms with Gasteiger partial charge in [0.2, 0.25) is 11.8 Å². The van der Waals surface area contributed by atoms with Crippen molar-refractivity contribution in [3.8, 4) is 0 Å². The molecule has 1 aromatic heterocycles. The molecule has 1 fully saturated rings. The smallest absolute Gasteiger partial charge is 0.244 e. The molecule has 2 rings (SSSR count). The molecule has 6 heteroatoms. The van der Waals surface area contributed by atoms with E-state index in [0.29, 0.717) is 6.54 Å². The molecule has 1 aliphatic heterocycles. The van der Waals surface area contributed by atoms with E-state index >= 15 is 0 Å². The number of imide groups is 1. The van der Waals surface area contributed by atoms with Gasteiger partial charge in [-0.1, -0.05) is 0 Å². The summed E-state index contributed by atoms with van der Waals surface area (Å²) in [6.45, 7) is 0.541. The van der Waals surface area contributed by atoms with E-state index in [1.165, 1.54) is 0 Å². The predicted molar refractivity (Wildman–Crippen MR) is 51.6 cm³/mol. The van der Waals surface area contributed by atoms with Crippen LogP contribution < -0.4 is 10.6 Å². The SMILES string of the molecule is Cn1cc(CNC2CC(=O)NC2=O)cn1. The van der Waals surface area contributed by atoms with Crippen LogP contribution in [0.5, 0.6) is 0 Å². The van der Waals surface area contributed by atoms with Gasteiger partial charge in [-0.05, 0) is 0 Å². The maximum atomic E-state index is 11.2. The minimum absolute atomic E-state index is 0.219. The van der Waals surface area contributed by atoms with Gasteiger partial charge in [-0.3, -0.25) is 19.6 Å². The second-order valence-corrected chi connectivity index (χ2v) is 3.57. The Bertz CT molecular complexity index is 399. The second-order valence-electron chi connectivity index (χ2n) is 3.57. The van der Waals surface area contributed by atoms with Crippen LogP contribution in [0.1, 0.15) is 12.0 Å². The number of hydrogen-bond acceptors (Lipinski definition) is 4. The summed E-state index contributed by atoms with van der Waals surface area (Å²) < 4.78 is 1.69. The van der Waals surface area contributed by atoms with Crippen LogP contribution in [0.2, 0.25) is 0 Å². The van der Waals surface area contributed by atoms with Crippen LogP contribution in [0, 0.1) is 0 Å². The number of rotatable bonds is 3. The molecule has 0 aliphatic carbocycles. The molecule has 1 saturated heterocycles. The van der Waals surface area contributed by atoms with Crippen LogP contribution in [0.15, 0.2) is 12.4 Å². The maximum absolute atomic E-state index is 11.2. The van der Waals surface area contributed by atoms with Gasteiger partial charge in [0, 0.05) is 25.4 Å². The fourth-order valence-electron chi connectivity index (χ4n) is 1.52. The molecule has 0 aromatic carbocycles. The molecule has 0 radical (unpaired) electrons. The van der Waals surface area contributed by atoms with Crippen molar-refractivity contribution < 1.29 is 9.59 Å². The first-order valence-corrected chi connectivity index (χ1v) is 4.70. The molecule has 1 aliphatic rings. The van der Waals surface area contributed by atoms with E-state index in [9.17, 15) is 9.59 Å². The second kappa shape index (κ2) is 3.82. The van der Waals surface area contributed by atoms with E-state index in [1.807, 2.05) is 13.2 Å². The van der Waals surface area contributed by atoms with Crippen molar-refractivity contribution in [2.45, 2.75) is 19.0 Å². The number of carbonyl (C=O) groups excluding carboxylic acids is 2. The number of aryl methyl sites for hydroxylation is 1. The van der Waals surface area contributed by atoms with Crippen molar-refractivity contribution in [2.24, 2.45) is 7.05 Å². The van der Waals surface area contributed by atoms with Crippen LogP contribution in [0.3, 0.4) is 0 Å². The van der Waals surface area contributed by atoms with E-state index in [4.69, 9.17) is 0 Å². The summed E-state index contributed by atoms with van der Waals surface area (Å²) in [6.07, 6.45) is 3.81. The Kier molecular flexibility index (Phi) is 2.51. The lowest BCUT2D eigenvalue weighted by molar-refractivity contribution is -0.125. The fourth-order valence-corrected chi connectivity index (χ4v) is 1.52. The van der Waals surface area contributed by atoms with Gasteiger partial charge < -0.3 is 5.32 Å². The zero-order valence-corrected chi connectivity index (χ0v) is 8.36. The van der Waals surface area contributed by atoms with Gasteiger partial charge in [0.15, 0.2) is 0 Å². The van der Waals surface area contributed by atoms with Crippen LogP contribution in [-0.2, 0) is 23.2 Å². The molecular weight excluding hydrogens is 196 g/mol. The van der Waals surface area contributed by atoms with Crippen LogP contribution in [0.25, 0.3) is 0 Å². The fraction of sp³-hybridized carbons (Fsp3) is 0.444. The van der Waals surface area contributed by atoms with Crippen molar-refractivity contribution in [3.63, 3.8) is 0 Å². The number of aromatic nitrogens is 2. The van der Waals surface area contributed by atoms with Gasteiger partial charge >= 0.3 is 0 Å². The minimum atomic E-state index is -0.405. The molecule has 0 saturated carbocycles. The summed E-state index contributed by atoms with van der Waals surface area (Å²) in [6, 6.07) is -0.405. The summed E-state index contributed by atoms with van der Waals surface area (Å²) in [5, 5.41) is 9.26. The van der Waals surface area contributed by atoms with E-state index in [1.54, 1.807) is 10.9 Å². The third kappa shape index (κ3) is 2.21. The standard InChI is InChI=1S/C9H12N4O2/c1-13-5-6(4-11-13)3-10-7-2-8(14)12-9(7)15/h4-5,7,10H,2-3H2,1H3,(H,12,14,15). The summed E-state index contributed by atoms with van der Waals surface area (Å²) in [5.74, 6) is -0.465. The van der Waals surface area contributed by atoms with E-state index in [2.05, 4.69) is 15.7 Å². The highest BCUT2D eigenvalue weighted by molar-refractivity contribution is 6.05. The molecule has 15 heavy (non-hydrogen) atoms. The van der Waals surface area contributed by atoms with Gasteiger partial charge in [-0.2, -0.15) is 5.10 Å². The molecule has 2 N–H and O–H groups in total. The highest BCUT2D eigenvalue weighted by Crippen LogP contribution is 2.03. The minimum Gasteiger partial charge on any atom is -0.301 e. The van der Waals surface area contributed by atoms with E-state index in [-0.39, 0.29) is 18.2 Å². The summed E-state index contributed by atoms with van der Waals surface area (Å²) >= 11 is 0. The monoisotopic (exact) mass is 208 g/mol.